The van der Waals surface area contributed by atoms with Crippen LogP contribution in [0.1, 0.15) is 25.8 Å². The van der Waals surface area contributed by atoms with Crippen molar-refractivity contribution in [2.75, 3.05) is 17.2 Å². The molecule has 0 aliphatic rings. The number of hydrogen-bond donors (Lipinski definition) is 2. The first-order valence-electron chi connectivity index (χ1n) is 7.91. The average molecular weight is 312 g/mol. The highest BCUT2D eigenvalue weighted by Gasteiger charge is 2.07. The van der Waals surface area contributed by atoms with Gasteiger partial charge in [-0.1, -0.05) is 30.3 Å². The number of benzene rings is 2. The van der Waals surface area contributed by atoms with Crippen LogP contribution in [0.4, 0.5) is 11.4 Å². The second kappa shape index (κ2) is 8.22. The van der Waals surface area contributed by atoms with Crippen LogP contribution in [-0.4, -0.2) is 18.6 Å². The predicted molar refractivity (Wildman–Crippen MR) is 95.1 cm³/mol. The number of aryl methyl sites for hydroxylation is 1. The second-order valence-electron chi connectivity index (χ2n) is 5.70. The van der Waals surface area contributed by atoms with Crippen LogP contribution < -0.4 is 15.4 Å². The predicted octanol–water partition coefficient (Wildman–Crippen LogP) is 4.22. The molecule has 2 aromatic rings. The summed E-state index contributed by atoms with van der Waals surface area (Å²) >= 11 is 0. The highest BCUT2D eigenvalue weighted by molar-refractivity contribution is 5.91. The third-order valence-electron chi connectivity index (χ3n) is 3.34. The maximum atomic E-state index is 12.0. The zero-order chi connectivity index (χ0) is 16.7. The van der Waals surface area contributed by atoms with Crippen molar-refractivity contribution in [2.24, 2.45) is 0 Å². The molecule has 0 unspecified atom stereocenters. The van der Waals surface area contributed by atoms with Gasteiger partial charge in [0.05, 0.1) is 11.8 Å². The lowest BCUT2D eigenvalue weighted by molar-refractivity contribution is -0.115. The van der Waals surface area contributed by atoms with Crippen molar-refractivity contribution < 1.29 is 9.53 Å². The smallest absolute Gasteiger partial charge is 0.226 e. The molecule has 122 valence electrons. The van der Waals surface area contributed by atoms with E-state index in [4.69, 9.17) is 4.74 Å². The van der Waals surface area contributed by atoms with Gasteiger partial charge in [-0.3, -0.25) is 4.79 Å². The van der Waals surface area contributed by atoms with E-state index in [9.17, 15) is 4.79 Å². The fourth-order valence-electron chi connectivity index (χ4n) is 2.21. The fraction of sp³-hybridized carbons (Fsp3) is 0.316. The van der Waals surface area contributed by atoms with Crippen molar-refractivity contribution in [3.8, 4) is 5.75 Å². The van der Waals surface area contributed by atoms with Crippen LogP contribution >= 0.6 is 0 Å². The summed E-state index contributed by atoms with van der Waals surface area (Å²) < 4.78 is 5.75. The Labute approximate surface area is 137 Å². The van der Waals surface area contributed by atoms with Crippen LogP contribution in [-0.2, 0) is 4.79 Å². The minimum Gasteiger partial charge on any atom is -0.489 e. The van der Waals surface area contributed by atoms with E-state index in [2.05, 4.69) is 10.6 Å². The van der Waals surface area contributed by atoms with Crippen LogP contribution in [0.25, 0.3) is 0 Å². The monoisotopic (exact) mass is 312 g/mol. The number of nitrogens with one attached hydrogen (secondary N) is 2. The number of rotatable bonds is 7. The third kappa shape index (κ3) is 5.33. The number of carbonyl (C=O) groups is 1. The van der Waals surface area contributed by atoms with Gasteiger partial charge in [0.15, 0.2) is 0 Å². The normalized spacial score (nSPS) is 10.4. The molecular weight excluding hydrogens is 288 g/mol. The minimum absolute atomic E-state index is 0.00550. The summed E-state index contributed by atoms with van der Waals surface area (Å²) in [6, 6.07) is 15.5. The molecule has 2 rings (SSSR count). The average Bonchev–Trinajstić information content (AvgIpc) is 2.51. The van der Waals surface area contributed by atoms with Crippen molar-refractivity contribution in [3.63, 3.8) is 0 Å². The first-order valence-corrected chi connectivity index (χ1v) is 7.91. The van der Waals surface area contributed by atoms with E-state index >= 15 is 0 Å². The molecular formula is C19H24N2O2. The number of amides is 1. The molecule has 1 amide bonds. The van der Waals surface area contributed by atoms with Gasteiger partial charge >= 0.3 is 0 Å². The Morgan fingerprint density at radius 2 is 1.70 bits per heavy atom. The molecule has 0 aliphatic heterocycles. The van der Waals surface area contributed by atoms with Gasteiger partial charge in [0.2, 0.25) is 5.91 Å². The lowest BCUT2D eigenvalue weighted by atomic mass is 10.2. The molecule has 0 saturated heterocycles. The molecule has 0 radical (unpaired) electrons. The largest absolute Gasteiger partial charge is 0.489 e. The first-order chi connectivity index (χ1) is 11.1. The fourth-order valence-corrected chi connectivity index (χ4v) is 2.21. The van der Waals surface area contributed by atoms with Crippen LogP contribution in [0, 0.1) is 6.92 Å². The van der Waals surface area contributed by atoms with E-state index in [1.807, 2.05) is 69.3 Å². The highest BCUT2D eigenvalue weighted by atomic mass is 16.5. The summed E-state index contributed by atoms with van der Waals surface area (Å²) in [5.41, 5.74) is 2.83. The molecule has 2 N–H and O–H groups in total. The van der Waals surface area contributed by atoms with Crippen molar-refractivity contribution in [1.29, 1.82) is 0 Å². The summed E-state index contributed by atoms with van der Waals surface area (Å²) in [7, 11) is 0. The van der Waals surface area contributed by atoms with E-state index in [0.29, 0.717) is 13.0 Å². The van der Waals surface area contributed by atoms with Crippen LogP contribution in [0.3, 0.4) is 0 Å². The Balaban J connectivity index is 1.85. The Bertz CT molecular complexity index is 653. The van der Waals surface area contributed by atoms with E-state index in [1.54, 1.807) is 0 Å². The molecule has 4 heteroatoms. The summed E-state index contributed by atoms with van der Waals surface area (Å²) in [5, 5.41) is 6.20. The van der Waals surface area contributed by atoms with Crippen LogP contribution in [0.5, 0.6) is 5.75 Å². The lowest BCUT2D eigenvalue weighted by Gasteiger charge is -2.15. The van der Waals surface area contributed by atoms with Gasteiger partial charge in [-0.05, 0) is 44.5 Å². The van der Waals surface area contributed by atoms with Gasteiger partial charge in [-0.25, -0.2) is 0 Å². The molecule has 2 aromatic carbocycles. The van der Waals surface area contributed by atoms with Crippen molar-refractivity contribution in [1.82, 2.24) is 0 Å². The highest BCUT2D eigenvalue weighted by Crippen LogP contribution is 2.24. The zero-order valence-corrected chi connectivity index (χ0v) is 13.9. The SMILES string of the molecule is Cc1ccccc1NC(=O)CCNc1ccccc1OC(C)C. The van der Waals surface area contributed by atoms with Gasteiger partial charge in [0.25, 0.3) is 0 Å². The number of hydrogen-bond acceptors (Lipinski definition) is 3. The van der Waals surface area contributed by atoms with E-state index < -0.39 is 0 Å². The molecule has 0 spiro atoms. The molecule has 23 heavy (non-hydrogen) atoms. The third-order valence-corrected chi connectivity index (χ3v) is 3.34. The minimum atomic E-state index is -0.00550. The lowest BCUT2D eigenvalue weighted by Crippen LogP contribution is -2.17. The molecule has 0 aliphatic carbocycles. The van der Waals surface area contributed by atoms with Crippen LogP contribution in [0.15, 0.2) is 48.5 Å². The molecule has 0 saturated carbocycles. The molecule has 0 fully saturated rings. The van der Waals surface area contributed by atoms with E-state index in [1.165, 1.54) is 0 Å². The number of anilines is 2. The molecule has 0 aromatic heterocycles. The zero-order valence-electron chi connectivity index (χ0n) is 13.9. The summed E-state index contributed by atoms with van der Waals surface area (Å²) in [6.45, 7) is 6.52. The second-order valence-corrected chi connectivity index (χ2v) is 5.70. The Morgan fingerprint density at radius 1 is 1.04 bits per heavy atom. The Morgan fingerprint density at radius 3 is 2.39 bits per heavy atom. The van der Waals surface area contributed by atoms with E-state index in [-0.39, 0.29) is 12.0 Å². The maximum Gasteiger partial charge on any atom is 0.226 e. The number of ether oxygens (including phenoxy) is 1. The summed E-state index contributed by atoms with van der Waals surface area (Å²) in [5.74, 6) is 0.802. The van der Waals surface area contributed by atoms with E-state index in [0.717, 1.165) is 22.7 Å². The topological polar surface area (TPSA) is 50.4 Å². The van der Waals surface area contributed by atoms with Crippen LogP contribution in [0.2, 0.25) is 0 Å². The van der Waals surface area contributed by atoms with Gasteiger partial charge < -0.3 is 15.4 Å². The quantitative estimate of drug-likeness (QED) is 0.804. The number of para-hydroxylation sites is 3. The molecule has 0 bridgehead atoms. The Hall–Kier alpha value is -2.49. The summed E-state index contributed by atoms with van der Waals surface area (Å²) in [6.07, 6.45) is 0.506. The summed E-state index contributed by atoms with van der Waals surface area (Å²) in [4.78, 5) is 12.0. The molecule has 0 atom stereocenters. The van der Waals surface area contributed by atoms with Crippen molar-refractivity contribution >= 4 is 17.3 Å². The van der Waals surface area contributed by atoms with Crippen molar-refractivity contribution in [3.05, 3.63) is 54.1 Å². The maximum absolute atomic E-state index is 12.0. The van der Waals surface area contributed by atoms with Gasteiger partial charge in [-0.2, -0.15) is 0 Å². The molecule has 4 nitrogen and oxygen atoms in total. The standard InChI is InChI=1S/C19H24N2O2/c1-14(2)23-18-11-7-6-10-17(18)20-13-12-19(22)21-16-9-5-4-8-15(16)3/h4-11,14,20H,12-13H2,1-3H3,(H,21,22). The molecule has 0 heterocycles. The van der Waals surface area contributed by atoms with Gasteiger partial charge in [0, 0.05) is 18.7 Å². The van der Waals surface area contributed by atoms with Gasteiger partial charge in [-0.15, -0.1) is 0 Å². The Kier molecular flexibility index (Phi) is 6.03. The van der Waals surface area contributed by atoms with Gasteiger partial charge in [0.1, 0.15) is 5.75 Å². The van der Waals surface area contributed by atoms with Crippen molar-refractivity contribution in [2.45, 2.75) is 33.3 Å². The first kappa shape index (κ1) is 16.9. The number of carbonyl (C=O) groups excluding carboxylic acids is 1.